The van der Waals surface area contributed by atoms with Gasteiger partial charge in [0.15, 0.2) is 0 Å². The van der Waals surface area contributed by atoms with Crippen molar-refractivity contribution in [2.75, 3.05) is 6.61 Å². The Balaban J connectivity index is 2.30. The van der Waals surface area contributed by atoms with Gasteiger partial charge in [0.25, 0.3) is 0 Å². The molecule has 0 aliphatic rings. The van der Waals surface area contributed by atoms with Crippen molar-refractivity contribution in [3.05, 3.63) is 65.2 Å². The summed E-state index contributed by atoms with van der Waals surface area (Å²) >= 11 is 0. The third-order valence-electron chi connectivity index (χ3n) is 3.23. The topological polar surface area (TPSA) is 35.2 Å². The minimum Gasteiger partial charge on any atom is -0.493 e. The Morgan fingerprint density at radius 1 is 1.05 bits per heavy atom. The molecule has 20 heavy (non-hydrogen) atoms. The molecule has 1 atom stereocenters. The second-order valence-corrected chi connectivity index (χ2v) is 5.63. The van der Waals surface area contributed by atoms with E-state index in [9.17, 15) is 0 Å². The summed E-state index contributed by atoms with van der Waals surface area (Å²) in [7, 11) is 0. The van der Waals surface area contributed by atoms with E-state index >= 15 is 0 Å². The van der Waals surface area contributed by atoms with Crippen LogP contribution < -0.4 is 10.5 Å². The Morgan fingerprint density at radius 3 is 2.40 bits per heavy atom. The molecular weight excluding hydrogens is 246 g/mol. The zero-order valence-corrected chi connectivity index (χ0v) is 12.5. The molecule has 0 aliphatic carbocycles. The number of hydrogen-bond acceptors (Lipinski definition) is 2. The van der Waals surface area contributed by atoms with Crippen molar-refractivity contribution in [1.29, 1.82) is 0 Å². The fourth-order valence-electron chi connectivity index (χ4n) is 2.12. The van der Waals surface area contributed by atoms with Gasteiger partial charge in [-0.3, -0.25) is 0 Å². The van der Waals surface area contributed by atoms with Crippen molar-refractivity contribution in [3.8, 4) is 5.75 Å². The Bertz CT molecular complexity index is 549. The minimum absolute atomic E-state index is 0.154. The lowest BCUT2D eigenvalue weighted by atomic mass is 9.97. The third kappa shape index (κ3) is 3.61. The number of hydrogen-bond donors (Lipinski definition) is 1. The molecule has 0 fully saturated rings. The number of benzene rings is 2. The van der Waals surface area contributed by atoms with E-state index in [-0.39, 0.29) is 6.04 Å². The summed E-state index contributed by atoms with van der Waals surface area (Å²) in [5.41, 5.74) is 9.73. The highest BCUT2D eigenvalue weighted by atomic mass is 16.5. The molecule has 0 aromatic heterocycles. The van der Waals surface area contributed by atoms with E-state index in [4.69, 9.17) is 10.5 Å². The van der Waals surface area contributed by atoms with Gasteiger partial charge in [-0.05, 0) is 30.0 Å². The van der Waals surface area contributed by atoms with E-state index in [0.29, 0.717) is 12.5 Å². The van der Waals surface area contributed by atoms with E-state index in [1.807, 2.05) is 18.2 Å². The summed E-state index contributed by atoms with van der Waals surface area (Å²) in [6, 6.07) is 16.2. The van der Waals surface area contributed by atoms with Gasteiger partial charge in [0, 0.05) is 5.56 Å². The summed E-state index contributed by atoms with van der Waals surface area (Å²) in [6.45, 7) is 7.07. The molecule has 0 saturated carbocycles. The highest BCUT2D eigenvalue weighted by Crippen LogP contribution is 2.29. The first-order valence-corrected chi connectivity index (χ1v) is 7.12. The standard InChI is InChI=1S/C18H23NO/c1-13(2)12-20-17-11-14(3)9-10-16(17)18(19)15-7-5-4-6-8-15/h4-11,13,18H,12,19H2,1-3H3. The maximum Gasteiger partial charge on any atom is 0.124 e. The molecule has 0 saturated heterocycles. The molecule has 2 rings (SSSR count). The molecule has 106 valence electrons. The molecule has 0 aliphatic heterocycles. The van der Waals surface area contributed by atoms with Crippen LogP contribution in [0.5, 0.6) is 5.75 Å². The van der Waals surface area contributed by atoms with Crippen LogP contribution in [0.1, 0.15) is 36.6 Å². The molecule has 2 aromatic rings. The first-order chi connectivity index (χ1) is 9.58. The fraction of sp³-hybridized carbons (Fsp3) is 0.333. The number of aryl methyl sites for hydroxylation is 1. The zero-order valence-electron chi connectivity index (χ0n) is 12.5. The summed E-state index contributed by atoms with van der Waals surface area (Å²) in [5.74, 6) is 1.39. The zero-order chi connectivity index (χ0) is 14.5. The highest BCUT2D eigenvalue weighted by Gasteiger charge is 2.14. The van der Waals surface area contributed by atoms with E-state index in [1.54, 1.807) is 0 Å². The Hall–Kier alpha value is -1.80. The van der Waals surface area contributed by atoms with Crippen molar-refractivity contribution in [3.63, 3.8) is 0 Å². The maximum absolute atomic E-state index is 6.39. The van der Waals surface area contributed by atoms with Gasteiger partial charge in [0.2, 0.25) is 0 Å². The molecular formula is C18H23NO. The summed E-state index contributed by atoms with van der Waals surface area (Å²) in [4.78, 5) is 0. The lowest BCUT2D eigenvalue weighted by molar-refractivity contribution is 0.267. The van der Waals surface area contributed by atoms with E-state index in [0.717, 1.165) is 16.9 Å². The van der Waals surface area contributed by atoms with Gasteiger partial charge >= 0.3 is 0 Å². The van der Waals surface area contributed by atoms with Gasteiger partial charge in [-0.15, -0.1) is 0 Å². The quantitative estimate of drug-likeness (QED) is 0.887. The molecule has 2 N–H and O–H groups in total. The van der Waals surface area contributed by atoms with Crippen LogP contribution in [0, 0.1) is 12.8 Å². The number of ether oxygens (including phenoxy) is 1. The SMILES string of the molecule is Cc1ccc(C(N)c2ccccc2)c(OCC(C)C)c1. The number of nitrogens with two attached hydrogens (primary N) is 1. The third-order valence-corrected chi connectivity index (χ3v) is 3.23. The molecule has 0 bridgehead atoms. The van der Waals surface area contributed by atoms with E-state index in [1.165, 1.54) is 5.56 Å². The summed E-state index contributed by atoms with van der Waals surface area (Å²) < 4.78 is 5.94. The predicted molar refractivity (Wildman–Crippen MR) is 84.0 cm³/mol. The number of rotatable bonds is 5. The second-order valence-electron chi connectivity index (χ2n) is 5.63. The van der Waals surface area contributed by atoms with E-state index < -0.39 is 0 Å². The summed E-state index contributed by atoms with van der Waals surface area (Å²) in [6.07, 6.45) is 0. The van der Waals surface area contributed by atoms with Crippen molar-refractivity contribution >= 4 is 0 Å². The van der Waals surface area contributed by atoms with Crippen molar-refractivity contribution in [1.82, 2.24) is 0 Å². The molecule has 2 aromatic carbocycles. The summed E-state index contributed by atoms with van der Waals surface area (Å²) in [5, 5.41) is 0. The first-order valence-electron chi connectivity index (χ1n) is 7.12. The molecule has 2 heteroatoms. The van der Waals surface area contributed by atoms with Crippen LogP contribution in [0.3, 0.4) is 0 Å². The van der Waals surface area contributed by atoms with Gasteiger partial charge in [-0.1, -0.05) is 56.3 Å². The molecule has 0 spiro atoms. The van der Waals surface area contributed by atoms with Gasteiger partial charge in [-0.25, -0.2) is 0 Å². The molecule has 0 heterocycles. The normalized spacial score (nSPS) is 12.4. The van der Waals surface area contributed by atoms with Gasteiger partial charge in [0.05, 0.1) is 12.6 Å². The molecule has 1 unspecified atom stereocenters. The maximum atomic E-state index is 6.39. The van der Waals surface area contributed by atoms with Crippen LogP contribution in [-0.4, -0.2) is 6.61 Å². The lowest BCUT2D eigenvalue weighted by Crippen LogP contribution is -2.15. The van der Waals surface area contributed by atoms with Gasteiger partial charge in [0.1, 0.15) is 5.75 Å². The fourth-order valence-corrected chi connectivity index (χ4v) is 2.12. The molecule has 0 radical (unpaired) electrons. The largest absolute Gasteiger partial charge is 0.493 e. The first kappa shape index (κ1) is 14.6. The second kappa shape index (κ2) is 6.58. The van der Waals surface area contributed by atoms with Crippen LogP contribution >= 0.6 is 0 Å². The molecule has 0 amide bonds. The van der Waals surface area contributed by atoms with Crippen LogP contribution in [0.2, 0.25) is 0 Å². The van der Waals surface area contributed by atoms with E-state index in [2.05, 4.69) is 51.1 Å². The van der Waals surface area contributed by atoms with Gasteiger partial charge in [-0.2, -0.15) is 0 Å². The Kier molecular flexibility index (Phi) is 4.80. The van der Waals surface area contributed by atoms with Crippen LogP contribution in [-0.2, 0) is 0 Å². The smallest absolute Gasteiger partial charge is 0.124 e. The van der Waals surface area contributed by atoms with Gasteiger partial charge < -0.3 is 10.5 Å². The predicted octanol–water partition coefficient (Wildman–Crippen LogP) is 4.08. The Labute approximate surface area is 121 Å². The molecule has 2 nitrogen and oxygen atoms in total. The monoisotopic (exact) mass is 269 g/mol. The average Bonchev–Trinajstić information content (AvgIpc) is 2.45. The lowest BCUT2D eigenvalue weighted by Gasteiger charge is -2.19. The van der Waals surface area contributed by atoms with Crippen molar-refractivity contribution in [2.24, 2.45) is 11.7 Å². The highest BCUT2D eigenvalue weighted by molar-refractivity contribution is 5.43. The van der Waals surface area contributed by atoms with Crippen LogP contribution in [0.25, 0.3) is 0 Å². The van der Waals surface area contributed by atoms with Crippen LogP contribution in [0.15, 0.2) is 48.5 Å². The Morgan fingerprint density at radius 2 is 1.75 bits per heavy atom. The van der Waals surface area contributed by atoms with Crippen molar-refractivity contribution < 1.29 is 4.74 Å². The van der Waals surface area contributed by atoms with Crippen molar-refractivity contribution in [2.45, 2.75) is 26.8 Å². The average molecular weight is 269 g/mol. The van der Waals surface area contributed by atoms with Crippen LogP contribution in [0.4, 0.5) is 0 Å². The minimum atomic E-state index is -0.154.